The fraction of sp³-hybridized carbons (Fsp3) is 0.706. The second-order valence-corrected chi connectivity index (χ2v) is 6.30. The summed E-state index contributed by atoms with van der Waals surface area (Å²) in [6, 6.07) is 2.20. The summed E-state index contributed by atoms with van der Waals surface area (Å²) < 4.78 is 13.0. The lowest BCUT2D eigenvalue weighted by Crippen LogP contribution is -2.38. The van der Waals surface area contributed by atoms with E-state index in [2.05, 4.69) is 13.1 Å². The minimum absolute atomic E-state index is 0.00101. The van der Waals surface area contributed by atoms with E-state index in [-0.39, 0.29) is 11.6 Å². The third kappa shape index (κ3) is 3.15. The van der Waals surface area contributed by atoms with Gasteiger partial charge in [0, 0.05) is 18.8 Å². The van der Waals surface area contributed by atoms with E-state index in [0.717, 1.165) is 32.3 Å². The molecule has 4 nitrogen and oxygen atoms in total. The van der Waals surface area contributed by atoms with Gasteiger partial charge in [0.05, 0.1) is 13.2 Å². The van der Waals surface area contributed by atoms with Crippen molar-refractivity contribution in [3.63, 3.8) is 0 Å². The molecule has 2 aliphatic rings. The zero-order valence-electron chi connectivity index (χ0n) is 13.0. The van der Waals surface area contributed by atoms with Gasteiger partial charge in [0.25, 0.3) is 5.56 Å². The largest absolute Gasteiger partial charge is 0.491 e. The minimum atomic E-state index is -0.00101. The van der Waals surface area contributed by atoms with Crippen LogP contribution >= 0.6 is 0 Å². The van der Waals surface area contributed by atoms with Crippen molar-refractivity contribution in [2.45, 2.75) is 63.5 Å². The average molecular weight is 291 g/mol. The Labute approximate surface area is 126 Å². The Morgan fingerprint density at radius 2 is 2.10 bits per heavy atom. The molecule has 1 aromatic rings. The van der Waals surface area contributed by atoms with Crippen LogP contribution in [0.25, 0.3) is 0 Å². The van der Waals surface area contributed by atoms with Gasteiger partial charge in [0.15, 0.2) is 5.75 Å². The molecule has 0 amide bonds. The van der Waals surface area contributed by atoms with Crippen molar-refractivity contribution in [1.82, 2.24) is 4.57 Å². The summed E-state index contributed by atoms with van der Waals surface area (Å²) in [6.45, 7) is 3.01. The smallest absolute Gasteiger partial charge is 0.293 e. The first-order chi connectivity index (χ1) is 10.2. The Morgan fingerprint density at radius 1 is 1.33 bits per heavy atom. The number of hydrogen-bond acceptors (Lipinski definition) is 3. The third-order valence-electron chi connectivity index (χ3n) is 4.61. The molecular weight excluding hydrogens is 266 g/mol. The molecule has 2 saturated carbocycles. The fourth-order valence-corrected chi connectivity index (χ4v) is 2.95. The molecule has 2 fully saturated rings. The lowest BCUT2D eigenvalue weighted by molar-refractivity contribution is -0.0278. The first kappa shape index (κ1) is 14.6. The molecule has 0 bridgehead atoms. The SMILES string of the molecule is CCCCOC1CC(n2cc(C3CC3)cc(OC)c2=O)C1. The molecule has 3 rings (SSSR count). The van der Waals surface area contributed by atoms with Gasteiger partial charge >= 0.3 is 0 Å². The highest BCUT2D eigenvalue weighted by molar-refractivity contribution is 5.30. The summed E-state index contributed by atoms with van der Waals surface area (Å²) in [5.74, 6) is 1.11. The maximum absolute atomic E-state index is 12.4. The van der Waals surface area contributed by atoms with E-state index in [1.807, 2.05) is 10.6 Å². The fourth-order valence-electron chi connectivity index (χ4n) is 2.95. The molecule has 4 heteroatoms. The van der Waals surface area contributed by atoms with E-state index in [1.165, 1.54) is 18.4 Å². The van der Waals surface area contributed by atoms with Crippen molar-refractivity contribution in [1.29, 1.82) is 0 Å². The third-order valence-corrected chi connectivity index (χ3v) is 4.61. The second kappa shape index (κ2) is 6.22. The van der Waals surface area contributed by atoms with Gasteiger partial charge in [0.2, 0.25) is 0 Å². The Bertz CT molecular complexity index is 541. The molecular formula is C17H25NO3. The Morgan fingerprint density at radius 3 is 2.71 bits per heavy atom. The van der Waals surface area contributed by atoms with Crippen LogP contribution in [-0.2, 0) is 4.74 Å². The van der Waals surface area contributed by atoms with E-state index < -0.39 is 0 Å². The van der Waals surface area contributed by atoms with Crippen LogP contribution in [0.3, 0.4) is 0 Å². The lowest BCUT2D eigenvalue weighted by atomic mass is 9.88. The first-order valence-electron chi connectivity index (χ1n) is 8.14. The van der Waals surface area contributed by atoms with Crippen LogP contribution in [0.4, 0.5) is 0 Å². The van der Waals surface area contributed by atoms with Gasteiger partial charge < -0.3 is 14.0 Å². The van der Waals surface area contributed by atoms with Gasteiger partial charge in [-0.05, 0) is 49.7 Å². The number of methoxy groups -OCH3 is 1. The van der Waals surface area contributed by atoms with Crippen LogP contribution in [-0.4, -0.2) is 24.4 Å². The summed E-state index contributed by atoms with van der Waals surface area (Å²) in [4.78, 5) is 12.4. The molecule has 0 aliphatic heterocycles. The quantitative estimate of drug-likeness (QED) is 0.724. The van der Waals surface area contributed by atoms with Gasteiger partial charge in [-0.3, -0.25) is 4.79 Å². The highest BCUT2D eigenvalue weighted by Gasteiger charge is 2.33. The molecule has 0 N–H and O–H groups in total. The van der Waals surface area contributed by atoms with Gasteiger partial charge in [-0.25, -0.2) is 0 Å². The zero-order chi connectivity index (χ0) is 14.8. The molecule has 0 aromatic carbocycles. The predicted molar refractivity (Wildman–Crippen MR) is 82.1 cm³/mol. The Balaban J connectivity index is 1.68. The number of ether oxygens (including phenoxy) is 2. The first-order valence-corrected chi connectivity index (χ1v) is 8.14. The highest BCUT2D eigenvalue weighted by atomic mass is 16.5. The van der Waals surface area contributed by atoms with E-state index in [1.54, 1.807) is 7.11 Å². The van der Waals surface area contributed by atoms with Crippen LogP contribution in [0.2, 0.25) is 0 Å². The number of aromatic nitrogens is 1. The number of hydrogen-bond donors (Lipinski definition) is 0. The van der Waals surface area contributed by atoms with E-state index in [0.29, 0.717) is 17.8 Å². The summed E-state index contributed by atoms with van der Waals surface area (Å²) in [7, 11) is 1.58. The van der Waals surface area contributed by atoms with Crippen molar-refractivity contribution in [2.24, 2.45) is 0 Å². The zero-order valence-corrected chi connectivity index (χ0v) is 13.0. The van der Waals surface area contributed by atoms with Crippen LogP contribution in [0, 0.1) is 0 Å². The van der Waals surface area contributed by atoms with Crippen LogP contribution in [0.5, 0.6) is 5.75 Å². The molecule has 0 saturated heterocycles. The Kier molecular flexibility index (Phi) is 4.34. The van der Waals surface area contributed by atoms with E-state index >= 15 is 0 Å². The van der Waals surface area contributed by atoms with Gasteiger partial charge in [-0.2, -0.15) is 0 Å². The summed E-state index contributed by atoms with van der Waals surface area (Å²) in [5, 5.41) is 0. The number of rotatable bonds is 7. The summed E-state index contributed by atoms with van der Waals surface area (Å²) >= 11 is 0. The maximum atomic E-state index is 12.4. The van der Waals surface area contributed by atoms with Crippen LogP contribution < -0.4 is 10.3 Å². The lowest BCUT2D eigenvalue weighted by Gasteiger charge is -2.36. The predicted octanol–water partition coefficient (Wildman–Crippen LogP) is 3.25. The summed E-state index contributed by atoms with van der Waals surface area (Å²) in [6.07, 6.45) is 9.01. The second-order valence-electron chi connectivity index (χ2n) is 6.30. The topological polar surface area (TPSA) is 40.5 Å². The van der Waals surface area contributed by atoms with E-state index in [9.17, 15) is 4.79 Å². The Hall–Kier alpha value is -1.29. The van der Waals surface area contributed by atoms with Crippen LogP contribution in [0.15, 0.2) is 17.1 Å². The highest BCUT2D eigenvalue weighted by Crippen LogP contribution is 2.41. The number of unbranched alkanes of at least 4 members (excludes halogenated alkanes) is 1. The van der Waals surface area contributed by atoms with Crippen molar-refractivity contribution in [3.8, 4) is 5.75 Å². The molecule has 0 atom stereocenters. The van der Waals surface area contributed by atoms with Gasteiger partial charge in [-0.1, -0.05) is 13.3 Å². The number of pyridine rings is 1. The molecule has 1 heterocycles. The molecule has 116 valence electrons. The van der Waals surface area contributed by atoms with Gasteiger partial charge in [0.1, 0.15) is 0 Å². The normalized spacial score (nSPS) is 24.7. The molecule has 21 heavy (non-hydrogen) atoms. The average Bonchev–Trinajstić information content (AvgIpc) is 3.27. The maximum Gasteiger partial charge on any atom is 0.293 e. The summed E-state index contributed by atoms with van der Waals surface area (Å²) in [5.41, 5.74) is 1.25. The standard InChI is InChI=1S/C17H25NO3/c1-3-4-7-21-15-9-14(10-15)18-11-13(12-5-6-12)8-16(20-2)17(18)19/h8,11-12,14-15H,3-7,9-10H2,1-2H3. The van der Waals surface area contributed by atoms with Crippen molar-refractivity contribution >= 4 is 0 Å². The molecule has 1 aromatic heterocycles. The molecule has 0 unspecified atom stereocenters. The minimum Gasteiger partial charge on any atom is -0.491 e. The molecule has 0 spiro atoms. The van der Waals surface area contributed by atoms with Crippen molar-refractivity contribution in [2.75, 3.05) is 13.7 Å². The monoisotopic (exact) mass is 291 g/mol. The number of nitrogens with zero attached hydrogens (tertiary/aromatic N) is 1. The van der Waals surface area contributed by atoms with Crippen molar-refractivity contribution in [3.05, 3.63) is 28.2 Å². The van der Waals surface area contributed by atoms with Gasteiger partial charge in [-0.15, -0.1) is 0 Å². The van der Waals surface area contributed by atoms with E-state index in [4.69, 9.17) is 9.47 Å². The molecule has 0 radical (unpaired) electrons. The van der Waals surface area contributed by atoms with Crippen molar-refractivity contribution < 1.29 is 9.47 Å². The van der Waals surface area contributed by atoms with Crippen LogP contribution in [0.1, 0.15) is 63.0 Å². The molecule has 2 aliphatic carbocycles.